The Hall–Kier alpha value is -0.700. The van der Waals surface area contributed by atoms with Crippen LogP contribution in [0, 0.1) is 0 Å². The molecule has 10 heavy (non-hydrogen) atoms. The molecular weight excluding hydrogens is 144 g/mol. The lowest BCUT2D eigenvalue weighted by Crippen LogP contribution is -1.86. The first kappa shape index (κ1) is 7.41. The molecule has 1 aromatic rings. The summed E-state index contributed by atoms with van der Waals surface area (Å²) in [7, 11) is 1.96. The molecule has 54 valence electrons. The van der Waals surface area contributed by atoms with Gasteiger partial charge in [0.1, 0.15) is 0 Å². The van der Waals surface area contributed by atoms with Gasteiger partial charge >= 0.3 is 0 Å². The molecular formula is C7H10N2S. The summed E-state index contributed by atoms with van der Waals surface area (Å²) < 4.78 is 1.96. The second-order valence-corrected chi connectivity index (χ2v) is 2.38. The fourth-order valence-corrected chi connectivity index (χ4v) is 0.807. The van der Waals surface area contributed by atoms with Crippen molar-refractivity contribution < 1.29 is 0 Å². The Morgan fingerprint density at radius 3 is 3.10 bits per heavy atom. The molecule has 0 aliphatic heterocycles. The van der Waals surface area contributed by atoms with Crippen LogP contribution in [0.3, 0.4) is 0 Å². The van der Waals surface area contributed by atoms with E-state index in [0.717, 1.165) is 11.4 Å². The Kier molecular flexibility index (Phi) is 2.57. The van der Waals surface area contributed by atoms with Gasteiger partial charge in [0.15, 0.2) is 0 Å². The second kappa shape index (κ2) is 3.46. The number of hydrogen-bond acceptors (Lipinski definition) is 2. The number of aromatic nitrogens is 2. The molecule has 1 heterocycles. The van der Waals surface area contributed by atoms with Gasteiger partial charge in [0, 0.05) is 12.8 Å². The van der Waals surface area contributed by atoms with Gasteiger partial charge in [0.25, 0.3) is 0 Å². The lowest BCUT2D eigenvalue weighted by atomic mass is 10.4. The Balaban J connectivity index is 2.74. The Bertz CT molecular complexity index is 227. The van der Waals surface area contributed by atoms with Gasteiger partial charge in [-0.15, -0.1) is 0 Å². The summed E-state index contributed by atoms with van der Waals surface area (Å²) in [6.07, 6.45) is 7.58. The molecule has 0 saturated carbocycles. The molecule has 0 amide bonds. The number of aryl methyl sites for hydroxylation is 1. The molecule has 0 N–H and O–H groups in total. The minimum Gasteiger partial charge on any atom is -0.334 e. The molecule has 0 aromatic carbocycles. The Labute approximate surface area is 66.0 Å². The monoisotopic (exact) mass is 154 g/mol. The van der Waals surface area contributed by atoms with E-state index in [1.165, 1.54) is 0 Å². The molecule has 0 aliphatic rings. The zero-order chi connectivity index (χ0) is 7.40. The van der Waals surface area contributed by atoms with Gasteiger partial charge in [-0.3, -0.25) is 0 Å². The van der Waals surface area contributed by atoms with E-state index in [0.29, 0.717) is 0 Å². The maximum absolute atomic E-state index is 4.05. The van der Waals surface area contributed by atoms with Crippen molar-refractivity contribution in [2.24, 2.45) is 7.05 Å². The average Bonchev–Trinajstić information content (AvgIpc) is 2.31. The van der Waals surface area contributed by atoms with Crippen LogP contribution in [0.25, 0.3) is 6.08 Å². The van der Waals surface area contributed by atoms with Gasteiger partial charge in [-0.2, -0.15) is 12.6 Å². The van der Waals surface area contributed by atoms with Crippen molar-refractivity contribution in [3.8, 4) is 0 Å². The fourth-order valence-electron chi connectivity index (χ4n) is 0.701. The maximum Gasteiger partial charge on any atom is 0.0948 e. The zero-order valence-corrected chi connectivity index (χ0v) is 6.75. The first-order valence-corrected chi connectivity index (χ1v) is 3.71. The van der Waals surface area contributed by atoms with Gasteiger partial charge in [-0.25, -0.2) is 4.98 Å². The topological polar surface area (TPSA) is 17.8 Å². The number of imidazole rings is 1. The summed E-state index contributed by atoms with van der Waals surface area (Å²) in [5.74, 6) is 0.769. The largest absolute Gasteiger partial charge is 0.334 e. The molecule has 0 saturated heterocycles. The van der Waals surface area contributed by atoms with Crippen LogP contribution in [0.15, 0.2) is 18.6 Å². The Morgan fingerprint density at radius 1 is 1.80 bits per heavy atom. The molecule has 2 nitrogen and oxygen atoms in total. The third-order valence-corrected chi connectivity index (χ3v) is 1.46. The van der Waals surface area contributed by atoms with Gasteiger partial charge in [-0.05, 0) is 6.08 Å². The molecule has 0 atom stereocenters. The molecule has 1 aromatic heterocycles. The van der Waals surface area contributed by atoms with Crippen LogP contribution in [-0.4, -0.2) is 15.3 Å². The summed E-state index contributed by atoms with van der Waals surface area (Å²) in [6.45, 7) is 0. The standard InChI is InChI=1S/C7H10N2S/c1-9-6-8-5-7(9)3-2-4-10/h2-3,5-6,10H,4H2,1H3. The molecule has 0 unspecified atom stereocenters. The van der Waals surface area contributed by atoms with Crippen LogP contribution in [-0.2, 0) is 7.05 Å². The average molecular weight is 154 g/mol. The number of hydrogen-bond donors (Lipinski definition) is 1. The highest BCUT2D eigenvalue weighted by Gasteiger charge is 1.88. The quantitative estimate of drug-likeness (QED) is 0.637. The van der Waals surface area contributed by atoms with E-state index in [-0.39, 0.29) is 0 Å². The maximum atomic E-state index is 4.05. The first-order valence-electron chi connectivity index (χ1n) is 3.08. The summed E-state index contributed by atoms with van der Waals surface area (Å²) in [4.78, 5) is 3.96. The van der Waals surface area contributed by atoms with Gasteiger partial charge < -0.3 is 4.57 Å². The van der Waals surface area contributed by atoms with Crippen molar-refractivity contribution in [1.82, 2.24) is 9.55 Å². The normalized spacial score (nSPS) is 11.0. The molecule has 0 spiro atoms. The van der Waals surface area contributed by atoms with Crippen molar-refractivity contribution in [3.05, 3.63) is 24.3 Å². The summed E-state index contributed by atoms with van der Waals surface area (Å²) in [5, 5.41) is 0. The minimum absolute atomic E-state index is 0.769. The van der Waals surface area contributed by atoms with Crippen molar-refractivity contribution in [3.63, 3.8) is 0 Å². The number of rotatable bonds is 2. The fraction of sp³-hybridized carbons (Fsp3) is 0.286. The lowest BCUT2D eigenvalue weighted by molar-refractivity contribution is 0.902. The third kappa shape index (κ3) is 1.64. The molecule has 0 fully saturated rings. The van der Waals surface area contributed by atoms with Crippen molar-refractivity contribution in [2.75, 3.05) is 5.75 Å². The highest BCUT2D eigenvalue weighted by atomic mass is 32.1. The van der Waals surface area contributed by atoms with Crippen LogP contribution in [0.5, 0.6) is 0 Å². The van der Waals surface area contributed by atoms with Crippen LogP contribution in [0.4, 0.5) is 0 Å². The number of nitrogens with zero attached hydrogens (tertiary/aromatic N) is 2. The highest BCUT2D eigenvalue weighted by Crippen LogP contribution is 1.98. The van der Waals surface area contributed by atoms with Gasteiger partial charge in [-0.1, -0.05) is 6.08 Å². The molecule has 0 bridgehead atoms. The second-order valence-electron chi connectivity index (χ2n) is 2.01. The van der Waals surface area contributed by atoms with Crippen LogP contribution in [0.1, 0.15) is 5.69 Å². The number of thiol groups is 1. The van der Waals surface area contributed by atoms with E-state index in [2.05, 4.69) is 17.6 Å². The van der Waals surface area contributed by atoms with E-state index >= 15 is 0 Å². The summed E-state index contributed by atoms with van der Waals surface area (Å²) in [5.41, 5.74) is 1.11. The highest BCUT2D eigenvalue weighted by molar-refractivity contribution is 7.80. The van der Waals surface area contributed by atoms with Gasteiger partial charge in [0.2, 0.25) is 0 Å². The predicted molar refractivity (Wildman–Crippen MR) is 46.1 cm³/mol. The molecule has 0 aliphatic carbocycles. The first-order chi connectivity index (χ1) is 4.84. The third-order valence-electron chi connectivity index (χ3n) is 1.25. The predicted octanol–water partition coefficient (Wildman–Crippen LogP) is 1.36. The van der Waals surface area contributed by atoms with E-state index in [1.54, 1.807) is 6.33 Å². The smallest absolute Gasteiger partial charge is 0.0948 e. The Morgan fingerprint density at radius 2 is 2.60 bits per heavy atom. The van der Waals surface area contributed by atoms with Crippen molar-refractivity contribution in [1.29, 1.82) is 0 Å². The molecule has 0 radical (unpaired) electrons. The van der Waals surface area contributed by atoms with E-state index in [9.17, 15) is 0 Å². The van der Waals surface area contributed by atoms with E-state index in [1.807, 2.05) is 30.0 Å². The molecule has 1 rings (SSSR count). The van der Waals surface area contributed by atoms with E-state index in [4.69, 9.17) is 0 Å². The lowest BCUT2D eigenvalue weighted by Gasteiger charge is -1.91. The minimum atomic E-state index is 0.769. The zero-order valence-electron chi connectivity index (χ0n) is 5.86. The SMILES string of the molecule is Cn1cncc1C=CCS. The van der Waals surface area contributed by atoms with Gasteiger partial charge in [0.05, 0.1) is 18.2 Å². The van der Waals surface area contributed by atoms with Crippen LogP contribution >= 0.6 is 12.6 Å². The summed E-state index contributed by atoms with van der Waals surface area (Å²) in [6, 6.07) is 0. The van der Waals surface area contributed by atoms with Crippen molar-refractivity contribution in [2.45, 2.75) is 0 Å². The van der Waals surface area contributed by atoms with Crippen LogP contribution < -0.4 is 0 Å². The summed E-state index contributed by atoms with van der Waals surface area (Å²) >= 11 is 4.05. The molecule has 3 heteroatoms. The van der Waals surface area contributed by atoms with Crippen LogP contribution in [0.2, 0.25) is 0 Å². The van der Waals surface area contributed by atoms with Crippen molar-refractivity contribution >= 4 is 18.7 Å². The van der Waals surface area contributed by atoms with E-state index < -0.39 is 0 Å².